The predicted molar refractivity (Wildman–Crippen MR) is 94.1 cm³/mol. The summed E-state index contributed by atoms with van der Waals surface area (Å²) >= 11 is 0. The van der Waals surface area contributed by atoms with Crippen molar-refractivity contribution in [2.45, 2.75) is 31.9 Å². The van der Waals surface area contributed by atoms with E-state index in [0.717, 1.165) is 5.56 Å². The molecule has 0 aliphatic carbocycles. The van der Waals surface area contributed by atoms with Crippen LogP contribution in [0.15, 0.2) is 43.0 Å². The molecule has 1 aromatic heterocycles. The second kappa shape index (κ2) is 7.80. The number of aliphatic hydroxyl groups excluding tert-OH is 1. The maximum atomic E-state index is 12.5. The highest BCUT2D eigenvalue weighted by molar-refractivity contribution is 5.76. The lowest BCUT2D eigenvalue weighted by Gasteiger charge is -2.42. The van der Waals surface area contributed by atoms with Crippen LogP contribution in [-0.2, 0) is 22.5 Å². The highest BCUT2D eigenvalue weighted by Gasteiger charge is 2.38. The standard InChI is InChI=1S/C19H25N3O3/c1-16-2-4-17(5-3-16)12-19(14-23)13-22(10-11-25-19)18(24)6-8-21-9-7-20-15-21/h2-5,7,9,15,23H,6,8,10-14H2,1H3/t19-/m0/s1. The number of hydrogen-bond donors (Lipinski definition) is 1. The molecular weight excluding hydrogens is 318 g/mol. The van der Waals surface area contributed by atoms with Crippen LogP contribution < -0.4 is 0 Å². The summed E-state index contributed by atoms with van der Waals surface area (Å²) in [4.78, 5) is 18.3. The van der Waals surface area contributed by atoms with Gasteiger partial charge >= 0.3 is 0 Å². The van der Waals surface area contributed by atoms with Crippen molar-refractivity contribution in [2.24, 2.45) is 0 Å². The van der Waals surface area contributed by atoms with E-state index in [-0.39, 0.29) is 12.5 Å². The number of aryl methyl sites for hydroxylation is 2. The van der Waals surface area contributed by atoms with Gasteiger partial charge in [-0.3, -0.25) is 4.79 Å². The number of carbonyl (C=O) groups is 1. The van der Waals surface area contributed by atoms with Gasteiger partial charge in [-0.15, -0.1) is 0 Å². The molecule has 2 aromatic rings. The quantitative estimate of drug-likeness (QED) is 0.861. The van der Waals surface area contributed by atoms with Crippen LogP contribution in [0, 0.1) is 6.92 Å². The number of aliphatic hydroxyl groups is 1. The van der Waals surface area contributed by atoms with Gasteiger partial charge in [0.05, 0.1) is 26.1 Å². The Kier molecular flexibility index (Phi) is 5.50. The molecule has 134 valence electrons. The van der Waals surface area contributed by atoms with Crippen molar-refractivity contribution in [2.75, 3.05) is 26.3 Å². The third kappa shape index (κ3) is 4.46. The lowest BCUT2D eigenvalue weighted by molar-refractivity contribution is -0.158. The zero-order valence-electron chi connectivity index (χ0n) is 14.6. The first-order valence-electron chi connectivity index (χ1n) is 8.64. The minimum absolute atomic E-state index is 0.0822. The van der Waals surface area contributed by atoms with Crippen molar-refractivity contribution in [3.05, 3.63) is 54.1 Å². The van der Waals surface area contributed by atoms with Gasteiger partial charge in [-0.2, -0.15) is 0 Å². The molecule has 1 fully saturated rings. The van der Waals surface area contributed by atoms with E-state index in [1.54, 1.807) is 12.5 Å². The first kappa shape index (κ1) is 17.6. The van der Waals surface area contributed by atoms with Crippen molar-refractivity contribution in [1.82, 2.24) is 14.5 Å². The molecule has 6 heteroatoms. The fraction of sp³-hybridized carbons (Fsp3) is 0.474. The van der Waals surface area contributed by atoms with Gasteiger partial charge in [0.1, 0.15) is 5.60 Å². The zero-order chi connectivity index (χ0) is 17.7. The summed E-state index contributed by atoms with van der Waals surface area (Å²) in [5, 5.41) is 9.96. The van der Waals surface area contributed by atoms with Gasteiger partial charge < -0.3 is 19.3 Å². The van der Waals surface area contributed by atoms with Gasteiger partial charge in [-0.1, -0.05) is 29.8 Å². The van der Waals surface area contributed by atoms with E-state index in [2.05, 4.69) is 29.2 Å². The highest BCUT2D eigenvalue weighted by Crippen LogP contribution is 2.24. The molecule has 0 radical (unpaired) electrons. The lowest BCUT2D eigenvalue weighted by Crippen LogP contribution is -2.56. The molecule has 2 heterocycles. The van der Waals surface area contributed by atoms with Crippen LogP contribution in [0.5, 0.6) is 0 Å². The van der Waals surface area contributed by atoms with E-state index in [4.69, 9.17) is 4.74 Å². The average Bonchev–Trinajstić information content (AvgIpc) is 3.15. The Balaban J connectivity index is 1.62. The average molecular weight is 343 g/mol. The molecule has 6 nitrogen and oxygen atoms in total. The van der Waals surface area contributed by atoms with E-state index >= 15 is 0 Å². The van der Waals surface area contributed by atoms with Crippen molar-refractivity contribution in [3.63, 3.8) is 0 Å². The number of carbonyl (C=O) groups excluding carboxylic acids is 1. The lowest BCUT2D eigenvalue weighted by atomic mass is 9.92. The number of morpholine rings is 1. The number of rotatable bonds is 6. The number of ether oxygens (including phenoxy) is 1. The molecule has 3 rings (SSSR count). The van der Waals surface area contributed by atoms with Crippen LogP contribution >= 0.6 is 0 Å². The number of amides is 1. The monoisotopic (exact) mass is 343 g/mol. The third-order valence-corrected chi connectivity index (χ3v) is 4.68. The van der Waals surface area contributed by atoms with Gasteiger partial charge in [0.25, 0.3) is 0 Å². The maximum Gasteiger partial charge on any atom is 0.224 e. The molecule has 1 aliphatic heterocycles. The Morgan fingerprint density at radius 2 is 2.16 bits per heavy atom. The minimum atomic E-state index is -0.724. The zero-order valence-corrected chi connectivity index (χ0v) is 14.6. The molecule has 1 aliphatic rings. The van der Waals surface area contributed by atoms with Crippen LogP contribution in [0.4, 0.5) is 0 Å². The van der Waals surface area contributed by atoms with Crippen LogP contribution in [0.2, 0.25) is 0 Å². The Bertz CT molecular complexity index is 684. The molecular formula is C19H25N3O3. The number of aromatic nitrogens is 2. The van der Waals surface area contributed by atoms with Gasteiger partial charge in [0, 0.05) is 38.3 Å². The molecule has 1 N–H and O–H groups in total. The third-order valence-electron chi connectivity index (χ3n) is 4.68. The van der Waals surface area contributed by atoms with Crippen LogP contribution in [0.1, 0.15) is 17.5 Å². The maximum absolute atomic E-state index is 12.5. The molecule has 1 saturated heterocycles. The summed E-state index contributed by atoms with van der Waals surface area (Å²) in [7, 11) is 0. The summed E-state index contributed by atoms with van der Waals surface area (Å²) in [6, 6.07) is 8.21. The van der Waals surface area contributed by atoms with Crippen LogP contribution in [0.25, 0.3) is 0 Å². The fourth-order valence-electron chi connectivity index (χ4n) is 3.20. The van der Waals surface area contributed by atoms with E-state index in [1.165, 1.54) is 5.56 Å². The Morgan fingerprint density at radius 3 is 2.84 bits per heavy atom. The summed E-state index contributed by atoms with van der Waals surface area (Å²) in [6.07, 6.45) is 6.28. The number of hydrogen-bond acceptors (Lipinski definition) is 4. The van der Waals surface area contributed by atoms with Gasteiger partial charge in [-0.25, -0.2) is 4.98 Å². The topological polar surface area (TPSA) is 67.6 Å². The van der Waals surface area contributed by atoms with E-state index in [9.17, 15) is 9.90 Å². The Morgan fingerprint density at radius 1 is 1.36 bits per heavy atom. The molecule has 0 bridgehead atoms. The smallest absolute Gasteiger partial charge is 0.224 e. The summed E-state index contributed by atoms with van der Waals surface area (Å²) in [5.74, 6) is 0.0822. The SMILES string of the molecule is Cc1ccc(C[C@@]2(CO)CN(C(=O)CCn3ccnc3)CCO2)cc1. The van der Waals surface area contributed by atoms with Crippen molar-refractivity contribution in [3.8, 4) is 0 Å². The molecule has 1 atom stereocenters. The van der Waals surface area contributed by atoms with E-state index in [1.807, 2.05) is 22.6 Å². The Hall–Kier alpha value is -2.18. The minimum Gasteiger partial charge on any atom is -0.393 e. The normalized spacial score (nSPS) is 20.6. The summed E-state index contributed by atoms with van der Waals surface area (Å²) in [6.45, 7) is 3.98. The van der Waals surface area contributed by atoms with E-state index < -0.39 is 5.60 Å². The first-order valence-corrected chi connectivity index (χ1v) is 8.64. The molecule has 1 aromatic carbocycles. The van der Waals surface area contributed by atoms with Crippen LogP contribution in [-0.4, -0.2) is 57.4 Å². The molecule has 1 amide bonds. The number of nitrogens with zero attached hydrogens (tertiary/aromatic N) is 3. The second-order valence-electron chi connectivity index (χ2n) is 6.72. The molecule has 25 heavy (non-hydrogen) atoms. The van der Waals surface area contributed by atoms with Gasteiger partial charge in [-0.05, 0) is 12.5 Å². The van der Waals surface area contributed by atoms with E-state index in [0.29, 0.717) is 39.1 Å². The highest BCUT2D eigenvalue weighted by atomic mass is 16.5. The first-order chi connectivity index (χ1) is 12.1. The summed E-state index contributed by atoms with van der Waals surface area (Å²) < 4.78 is 7.81. The van der Waals surface area contributed by atoms with Crippen molar-refractivity contribution < 1.29 is 14.6 Å². The molecule has 0 spiro atoms. The van der Waals surface area contributed by atoms with Crippen molar-refractivity contribution >= 4 is 5.91 Å². The summed E-state index contributed by atoms with van der Waals surface area (Å²) in [5.41, 5.74) is 1.58. The number of imidazole rings is 1. The Labute approximate surface area is 148 Å². The predicted octanol–water partition coefficient (Wildman–Crippen LogP) is 1.41. The number of benzene rings is 1. The van der Waals surface area contributed by atoms with Gasteiger partial charge in [0.15, 0.2) is 0 Å². The van der Waals surface area contributed by atoms with Gasteiger partial charge in [0.2, 0.25) is 5.91 Å². The largest absolute Gasteiger partial charge is 0.393 e. The second-order valence-corrected chi connectivity index (χ2v) is 6.72. The van der Waals surface area contributed by atoms with Crippen molar-refractivity contribution in [1.29, 1.82) is 0 Å². The fourth-order valence-corrected chi connectivity index (χ4v) is 3.20. The molecule has 0 saturated carbocycles. The molecule has 0 unspecified atom stereocenters. The van der Waals surface area contributed by atoms with Crippen LogP contribution in [0.3, 0.4) is 0 Å².